The Bertz CT molecular complexity index is 150. The van der Waals surface area contributed by atoms with E-state index in [2.05, 4.69) is 45.2 Å². The van der Waals surface area contributed by atoms with Crippen molar-refractivity contribution in [1.82, 2.24) is 5.32 Å². The monoisotopic (exact) mass is 153 g/mol. The smallest absolute Gasteiger partial charge is 0.0323 e. The molecule has 0 aliphatic rings. The lowest BCUT2D eigenvalue weighted by Crippen LogP contribution is -2.11. The van der Waals surface area contributed by atoms with Crippen molar-refractivity contribution in [2.45, 2.75) is 34.1 Å². The van der Waals surface area contributed by atoms with E-state index < -0.39 is 0 Å². The zero-order valence-corrected chi connectivity index (χ0v) is 8.07. The lowest BCUT2D eigenvalue weighted by molar-refractivity contribution is 0.862. The number of hydrogen-bond donors (Lipinski definition) is 1. The number of allylic oxidation sites excluding steroid dienone is 3. The van der Waals surface area contributed by atoms with E-state index in [0.29, 0.717) is 0 Å². The van der Waals surface area contributed by atoms with Crippen molar-refractivity contribution < 1.29 is 0 Å². The molecule has 0 rings (SSSR count). The van der Waals surface area contributed by atoms with Crippen molar-refractivity contribution >= 4 is 0 Å². The summed E-state index contributed by atoms with van der Waals surface area (Å²) in [4.78, 5) is 0. The molecule has 0 spiro atoms. The van der Waals surface area contributed by atoms with Crippen LogP contribution in [0.4, 0.5) is 0 Å². The second kappa shape index (κ2) is 6.02. The lowest BCUT2D eigenvalue weighted by Gasteiger charge is -2.05. The highest BCUT2D eigenvalue weighted by Crippen LogP contribution is 2.01. The fourth-order valence-corrected chi connectivity index (χ4v) is 0.829. The maximum atomic E-state index is 3.31. The molecule has 0 aliphatic carbocycles. The van der Waals surface area contributed by atoms with Crippen LogP contribution in [0.25, 0.3) is 0 Å². The van der Waals surface area contributed by atoms with Gasteiger partial charge in [-0.25, -0.2) is 0 Å². The number of hydrogen-bond acceptors (Lipinski definition) is 1. The van der Waals surface area contributed by atoms with Gasteiger partial charge in [-0.2, -0.15) is 0 Å². The molecule has 64 valence electrons. The Morgan fingerprint density at radius 3 is 2.27 bits per heavy atom. The summed E-state index contributed by atoms with van der Waals surface area (Å²) in [5.41, 5.74) is 2.60. The summed E-state index contributed by atoms with van der Waals surface area (Å²) in [7, 11) is 0. The highest BCUT2D eigenvalue weighted by Gasteiger charge is 1.89. The molecule has 0 aromatic carbocycles. The average molecular weight is 153 g/mol. The highest BCUT2D eigenvalue weighted by atomic mass is 14.9. The average Bonchev–Trinajstić information content (AvgIpc) is 1.97. The molecule has 0 atom stereocenters. The summed E-state index contributed by atoms with van der Waals surface area (Å²) in [5.74, 6) is 0. The Labute approximate surface area is 70.2 Å². The summed E-state index contributed by atoms with van der Waals surface area (Å²) in [6.07, 6.45) is 5.42. The molecule has 0 saturated carbocycles. The molecule has 1 heteroatoms. The molecule has 1 nitrogen and oxygen atoms in total. The van der Waals surface area contributed by atoms with Crippen LogP contribution in [0.2, 0.25) is 0 Å². The number of likely N-dealkylation sites (N-methyl/N-ethyl adjacent to an activating group) is 1. The van der Waals surface area contributed by atoms with Crippen LogP contribution in [0.1, 0.15) is 34.1 Å². The SMILES string of the molecule is CC/C=C\C(NCC)=C(C)C. The summed E-state index contributed by atoms with van der Waals surface area (Å²) in [6.45, 7) is 9.50. The van der Waals surface area contributed by atoms with E-state index in [-0.39, 0.29) is 0 Å². The van der Waals surface area contributed by atoms with Gasteiger partial charge in [0.05, 0.1) is 0 Å². The molecule has 0 bridgehead atoms. The van der Waals surface area contributed by atoms with Crippen LogP contribution in [0, 0.1) is 0 Å². The van der Waals surface area contributed by atoms with Crippen molar-refractivity contribution in [1.29, 1.82) is 0 Å². The molecule has 0 saturated heterocycles. The highest BCUT2D eigenvalue weighted by molar-refractivity contribution is 5.21. The molecule has 0 aliphatic heterocycles. The van der Waals surface area contributed by atoms with Crippen LogP contribution >= 0.6 is 0 Å². The zero-order chi connectivity index (χ0) is 8.69. The zero-order valence-electron chi connectivity index (χ0n) is 8.07. The minimum atomic E-state index is 0.995. The normalized spacial score (nSPS) is 10.2. The summed E-state index contributed by atoms with van der Waals surface area (Å²) in [6, 6.07) is 0. The van der Waals surface area contributed by atoms with E-state index in [0.717, 1.165) is 13.0 Å². The molecular weight excluding hydrogens is 134 g/mol. The van der Waals surface area contributed by atoms with Gasteiger partial charge in [0.2, 0.25) is 0 Å². The van der Waals surface area contributed by atoms with Gasteiger partial charge in [0.1, 0.15) is 0 Å². The summed E-state index contributed by atoms with van der Waals surface area (Å²) < 4.78 is 0. The van der Waals surface area contributed by atoms with E-state index in [9.17, 15) is 0 Å². The molecule has 0 aromatic rings. The van der Waals surface area contributed by atoms with Gasteiger partial charge in [0.15, 0.2) is 0 Å². The third kappa shape index (κ3) is 4.65. The molecule has 0 radical (unpaired) electrons. The van der Waals surface area contributed by atoms with E-state index in [1.807, 2.05) is 0 Å². The number of nitrogens with one attached hydrogen (secondary N) is 1. The molecule has 0 amide bonds. The second-order valence-corrected chi connectivity index (χ2v) is 2.75. The summed E-state index contributed by atoms with van der Waals surface area (Å²) in [5, 5.41) is 3.31. The van der Waals surface area contributed by atoms with Crippen molar-refractivity contribution in [3.63, 3.8) is 0 Å². The van der Waals surface area contributed by atoms with E-state index in [1.165, 1.54) is 11.3 Å². The van der Waals surface area contributed by atoms with Crippen LogP contribution in [0.15, 0.2) is 23.4 Å². The Balaban J connectivity index is 4.12. The van der Waals surface area contributed by atoms with Crippen molar-refractivity contribution in [3.8, 4) is 0 Å². The first kappa shape index (κ1) is 10.3. The maximum absolute atomic E-state index is 3.31. The molecular formula is C10H19N. The van der Waals surface area contributed by atoms with Crippen molar-refractivity contribution in [2.75, 3.05) is 6.54 Å². The second-order valence-electron chi connectivity index (χ2n) is 2.75. The molecule has 0 unspecified atom stereocenters. The van der Waals surface area contributed by atoms with Crippen molar-refractivity contribution in [3.05, 3.63) is 23.4 Å². The van der Waals surface area contributed by atoms with Crippen LogP contribution in [-0.4, -0.2) is 6.54 Å². The van der Waals surface area contributed by atoms with Gasteiger partial charge < -0.3 is 5.32 Å². The standard InChI is InChI=1S/C10H19N/c1-5-7-8-10(9(3)4)11-6-2/h7-8,11H,5-6H2,1-4H3/b8-7-. The third-order valence-electron chi connectivity index (χ3n) is 1.43. The Morgan fingerprint density at radius 1 is 1.27 bits per heavy atom. The van der Waals surface area contributed by atoms with Gasteiger partial charge in [-0.3, -0.25) is 0 Å². The Morgan fingerprint density at radius 2 is 1.91 bits per heavy atom. The quantitative estimate of drug-likeness (QED) is 0.612. The first-order valence-electron chi connectivity index (χ1n) is 4.30. The van der Waals surface area contributed by atoms with Gasteiger partial charge in [-0.15, -0.1) is 0 Å². The van der Waals surface area contributed by atoms with Gasteiger partial charge >= 0.3 is 0 Å². The molecule has 0 fully saturated rings. The van der Waals surface area contributed by atoms with Crippen LogP contribution in [0.3, 0.4) is 0 Å². The van der Waals surface area contributed by atoms with Crippen LogP contribution in [-0.2, 0) is 0 Å². The topological polar surface area (TPSA) is 12.0 Å². The molecule has 0 aromatic heterocycles. The minimum Gasteiger partial charge on any atom is -0.385 e. The predicted molar refractivity (Wildman–Crippen MR) is 51.5 cm³/mol. The minimum absolute atomic E-state index is 0.995. The lowest BCUT2D eigenvalue weighted by atomic mass is 10.2. The van der Waals surface area contributed by atoms with Gasteiger partial charge in [0.25, 0.3) is 0 Å². The first-order chi connectivity index (χ1) is 5.22. The maximum Gasteiger partial charge on any atom is 0.0323 e. The van der Waals surface area contributed by atoms with Gasteiger partial charge in [-0.05, 0) is 33.3 Å². The Kier molecular flexibility index (Phi) is 5.63. The molecule has 0 heterocycles. The summed E-state index contributed by atoms with van der Waals surface area (Å²) >= 11 is 0. The third-order valence-corrected chi connectivity index (χ3v) is 1.43. The number of rotatable bonds is 4. The Hall–Kier alpha value is -0.720. The van der Waals surface area contributed by atoms with E-state index >= 15 is 0 Å². The van der Waals surface area contributed by atoms with Crippen molar-refractivity contribution in [2.24, 2.45) is 0 Å². The van der Waals surface area contributed by atoms with Gasteiger partial charge in [-0.1, -0.05) is 18.6 Å². The van der Waals surface area contributed by atoms with Crippen LogP contribution in [0.5, 0.6) is 0 Å². The van der Waals surface area contributed by atoms with E-state index in [4.69, 9.17) is 0 Å². The molecule has 11 heavy (non-hydrogen) atoms. The fourth-order valence-electron chi connectivity index (χ4n) is 0.829. The predicted octanol–water partition coefficient (Wildman–Crippen LogP) is 2.86. The van der Waals surface area contributed by atoms with Gasteiger partial charge in [0, 0.05) is 12.2 Å². The molecule has 1 N–H and O–H groups in total. The fraction of sp³-hybridized carbons (Fsp3) is 0.600. The largest absolute Gasteiger partial charge is 0.385 e. The van der Waals surface area contributed by atoms with E-state index in [1.54, 1.807) is 0 Å². The van der Waals surface area contributed by atoms with Crippen LogP contribution < -0.4 is 5.32 Å². The first-order valence-corrected chi connectivity index (χ1v) is 4.30.